The summed E-state index contributed by atoms with van der Waals surface area (Å²) in [5.41, 5.74) is 0.278. The first-order valence-corrected chi connectivity index (χ1v) is 10.6. The molecule has 0 unspecified atom stereocenters. The molecule has 4 saturated carbocycles. The molecule has 1 aromatic heterocycles. The van der Waals surface area contributed by atoms with Gasteiger partial charge in [0.2, 0.25) is 0 Å². The number of para-hydroxylation sites is 2. The molecule has 0 amide bonds. The highest BCUT2D eigenvalue weighted by atomic mass is 16.6. The molecule has 4 bridgehead atoms. The molecule has 5 heteroatoms. The van der Waals surface area contributed by atoms with Gasteiger partial charge < -0.3 is 14.0 Å². The van der Waals surface area contributed by atoms with E-state index in [0.29, 0.717) is 0 Å². The van der Waals surface area contributed by atoms with E-state index >= 15 is 0 Å². The minimum absolute atomic E-state index is 0.0424. The first kappa shape index (κ1) is 14.9. The zero-order chi connectivity index (χ0) is 17.6. The van der Waals surface area contributed by atoms with Crippen molar-refractivity contribution in [2.75, 3.05) is 0 Å². The summed E-state index contributed by atoms with van der Waals surface area (Å²) in [5, 5.41) is 9.49. The predicted molar refractivity (Wildman–Crippen MR) is 98.7 cm³/mol. The number of nitrogens with zero attached hydrogens (tertiary/aromatic N) is 3. The zero-order valence-electron chi connectivity index (χ0n) is 15.5. The maximum absolute atomic E-state index is 6.35. The van der Waals surface area contributed by atoms with Crippen LogP contribution in [0.3, 0.4) is 0 Å². The van der Waals surface area contributed by atoms with E-state index in [1.54, 1.807) is 0 Å². The third-order valence-corrected chi connectivity index (χ3v) is 7.90. The van der Waals surface area contributed by atoms with Gasteiger partial charge in [-0.3, -0.25) is 0 Å². The molecule has 1 aromatic carbocycles. The van der Waals surface area contributed by atoms with Crippen molar-refractivity contribution in [1.29, 1.82) is 0 Å². The van der Waals surface area contributed by atoms with Crippen LogP contribution in [0.2, 0.25) is 0 Å². The first-order valence-electron chi connectivity index (χ1n) is 10.6. The van der Waals surface area contributed by atoms with Crippen LogP contribution in [-0.4, -0.2) is 20.9 Å². The average molecular weight is 363 g/mol. The molecule has 8 rings (SSSR count). The molecule has 2 aliphatic heterocycles. The smallest absolute Gasteiger partial charge is 0.195 e. The third-order valence-electron chi connectivity index (χ3n) is 7.90. The summed E-state index contributed by atoms with van der Waals surface area (Å²) in [7, 11) is 0. The number of benzene rings is 1. The van der Waals surface area contributed by atoms with Crippen molar-refractivity contribution in [3.8, 4) is 11.5 Å². The summed E-state index contributed by atoms with van der Waals surface area (Å²) in [6.07, 6.45) is 9.21. The van der Waals surface area contributed by atoms with Crippen molar-refractivity contribution >= 4 is 0 Å². The minimum Gasteiger partial charge on any atom is -0.482 e. The van der Waals surface area contributed by atoms with Crippen LogP contribution >= 0.6 is 0 Å². The molecule has 4 aliphatic carbocycles. The molecule has 6 aliphatic rings. The van der Waals surface area contributed by atoms with Gasteiger partial charge in [-0.1, -0.05) is 12.1 Å². The van der Waals surface area contributed by atoms with Crippen molar-refractivity contribution in [2.24, 2.45) is 17.8 Å². The van der Waals surface area contributed by atoms with Crippen LogP contribution in [0.4, 0.5) is 0 Å². The molecular formula is C22H25N3O2. The second kappa shape index (κ2) is 5.06. The van der Waals surface area contributed by atoms with E-state index in [4.69, 9.17) is 14.6 Å². The first-order chi connectivity index (χ1) is 13.3. The summed E-state index contributed by atoms with van der Waals surface area (Å²) in [6, 6.07) is 7.97. The lowest BCUT2D eigenvalue weighted by molar-refractivity contribution is -0.0198. The minimum atomic E-state index is -0.135. The van der Waals surface area contributed by atoms with Crippen molar-refractivity contribution in [2.45, 2.75) is 69.1 Å². The van der Waals surface area contributed by atoms with Gasteiger partial charge >= 0.3 is 0 Å². The van der Waals surface area contributed by atoms with Crippen LogP contribution in [-0.2, 0) is 12.0 Å². The Morgan fingerprint density at radius 3 is 2.26 bits per heavy atom. The van der Waals surface area contributed by atoms with Crippen molar-refractivity contribution in [3.63, 3.8) is 0 Å². The van der Waals surface area contributed by atoms with E-state index < -0.39 is 0 Å². The molecule has 0 radical (unpaired) electrons. The normalized spacial score (nSPS) is 40.5. The van der Waals surface area contributed by atoms with Gasteiger partial charge in [0.15, 0.2) is 23.4 Å². The number of ether oxygens (including phenoxy) is 2. The number of fused-ring (bicyclic) bond motifs is 4. The molecule has 27 heavy (non-hydrogen) atoms. The summed E-state index contributed by atoms with van der Waals surface area (Å²) < 4.78 is 15.0. The SMILES string of the molecule is c1ccc2c(c1)O[C@H]1CCn3c(nnc3C34CC5CC(CC(C5)C3)C4)[C@H]1O2. The van der Waals surface area contributed by atoms with Crippen LogP contribution in [0.15, 0.2) is 24.3 Å². The van der Waals surface area contributed by atoms with E-state index in [1.807, 2.05) is 24.3 Å². The lowest BCUT2D eigenvalue weighted by Gasteiger charge is -2.56. The van der Waals surface area contributed by atoms with Gasteiger partial charge in [-0.25, -0.2) is 0 Å². The summed E-state index contributed by atoms with van der Waals surface area (Å²) >= 11 is 0. The van der Waals surface area contributed by atoms with Gasteiger partial charge in [0.25, 0.3) is 0 Å². The molecule has 0 saturated heterocycles. The topological polar surface area (TPSA) is 49.2 Å². The fourth-order valence-electron chi connectivity index (χ4n) is 7.29. The largest absolute Gasteiger partial charge is 0.482 e. The Morgan fingerprint density at radius 2 is 1.56 bits per heavy atom. The Kier molecular flexibility index (Phi) is 2.80. The molecule has 2 atom stereocenters. The Hall–Kier alpha value is -2.04. The lowest BCUT2D eigenvalue weighted by Crippen LogP contribution is -2.50. The Balaban J connectivity index is 1.29. The lowest BCUT2D eigenvalue weighted by atomic mass is 9.49. The van der Waals surface area contributed by atoms with Crippen LogP contribution in [0.1, 0.15) is 62.7 Å². The van der Waals surface area contributed by atoms with E-state index in [2.05, 4.69) is 9.67 Å². The summed E-state index contributed by atoms with van der Waals surface area (Å²) in [4.78, 5) is 0. The van der Waals surface area contributed by atoms with Gasteiger partial charge in [0.1, 0.15) is 11.9 Å². The molecular weight excluding hydrogens is 338 g/mol. The molecule has 140 valence electrons. The Bertz CT molecular complexity index is 885. The number of hydrogen-bond donors (Lipinski definition) is 0. The third kappa shape index (κ3) is 2.00. The van der Waals surface area contributed by atoms with Gasteiger partial charge in [-0.15, -0.1) is 10.2 Å². The molecule has 5 nitrogen and oxygen atoms in total. The maximum Gasteiger partial charge on any atom is 0.195 e. The average Bonchev–Trinajstić information content (AvgIpc) is 3.11. The van der Waals surface area contributed by atoms with Crippen LogP contribution in [0, 0.1) is 17.8 Å². The molecule has 0 spiro atoms. The second-order valence-electron chi connectivity index (χ2n) is 9.66. The number of hydrogen-bond acceptors (Lipinski definition) is 4. The molecule has 3 heterocycles. The maximum atomic E-state index is 6.35. The highest BCUT2D eigenvalue weighted by molar-refractivity contribution is 5.42. The zero-order valence-corrected chi connectivity index (χ0v) is 15.5. The summed E-state index contributed by atoms with van der Waals surface area (Å²) in [5.74, 6) is 6.67. The quantitative estimate of drug-likeness (QED) is 0.767. The van der Waals surface area contributed by atoms with E-state index in [1.165, 1.54) is 44.3 Å². The predicted octanol–water partition coefficient (Wildman–Crippen LogP) is 4.03. The van der Waals surface area contributed by atoms with Gasteiger partial charge in [-0.05, 0) is 68.4 Å². The number of aromatic nitrogens is 3. The van der Waals surface area contributed by atoms with Gasteiger partial charge in [-0.2, -0.15) is 0 Å². The van der Waals surface area contributed by atoms with Crippen LogP contribution < -0.4 is 9.47 Å². The van der Waals surface area contributed by atoms with Gasteiger partial charge in [0.05, 0.1) is 0 Å². The Labute approximate surface area is 159 Å². The summed E-state index contributed by atoms with van der Waals surface area (Å²) in [6.45, 7) is 0.951. The van der Waals surface area contributed by atoms with Crippen molar-refractivity contribution in [1.82, 2.24) is 14.8 Å². The standard InChI is InChI=1S/C22H25N3O2/c1-2-4-17-16(3-1)26-18-5-6-25-20(19(18)27-17)23-24-21(25)22-10-13-7-14(11-22)9-15(8-13)12-22/h1-4,13-15,18-19H,5-12H2/t13?,14?,15?,18-,19-,22?/m0/s1. The highest BCUT2D eigenvalue weighted by Gasteiger charge is 2.55. The highest BCUT2D eigenvalue weighted by Crippen LogP contribution is 2.60. The van der Waals surface area contributed by atoms with Crippen LogP contribution in [0.25, 0.3) is 0 Å². The van der Waals surface area contributed by atoms with Crippen molar-refractivity contribution < 1.29 is 9.47 Å². The Morgan fingerprint density at radius 1 is 0.889 bits per heavy atom. The molecule has 4 fully saturated rings. The van der Waals surface area contributed by atoms with Gasteiger partial charge in [0, 0.05) is 18.4 Å². The molecule has 0 N–H and O–H groups in total. The monoisotopic (exact) mass is 363 g/mol. The van der Waals surface area contributed by atoms with E-state index in [-0.39, 0.29) is 17.6 Å². The van der Waals surface area contributed by atoms with E-state index in [0.717, 1.165) is 48.0 Å². The van der Waals surface area contributed by atoms with Crippen LogP contribution in [0.5, 0.6) is 11.5 Å². The number of rotatable bonds is 1. The fourth-order valence-corrected chi connectivity index (χ4v) is 7.29. The second-order valence-corrected chi connectivity index (χ2v) is 9.66. The van der Waals surface area contributed by atoms with E-state index in [9.17, 15) is 0 Å². The fraction of sp³-hybridized carbons (Fsp3) is 0.636. The van der Waals surface area contributed by atoms with Crippen molar-refractivity contribution in [3.05, 3.63) is 35.9 Å². The molecule has 2 aromatic rings.